The number of ether oxygens (including phenoxy) is 1. The molecule has 4 fully saturated rings. The molecule has 7 rings (SSSR count). The minimum atomic E-state index is -3.87. The molecule has 2 aliphatic heterocycles. The van der Waals surface area contributed by atoms with E-state index in [0.29, 0.717) is 32.1 Å². The minimum Gasteiger partial charge on any atom is -0.446 e. The van der Waals surface area contributed by atoms with E-state index in [9.17, 15) is 27.6 Å². The van der Waals surface area contributed by atoms with Crippen LogP contribution in [-0.2, 0) is 34.0 Å². The number of fused-ring (bicyclic) bond motifs is 2. The summed E-state index contributed by atoms with van der Waals surface area (Å²) in [6.07, 6.45) is 12.0. The molecule has 0 aromatic heterocycles. The lowest BCUT2D eigenvalue weighted by atomic mass is 10.0. The molecule has 0 radical (unpaired) electrons. The Hall–Kier alpha value is -4.72. The predicted octanol–water partition coefficient (Wildman–Crippen LogP) is 4.71. The SMILES string of the molecule is O=C(N[C@H]1CCCCC/C=C\[C@@H]2C[C@]2(C(=O)NS(=O)(=O)C2CC2)NC(=O)[C@@H]2C[C@@H](O/N=C/c3ccc(-c4ccccc4)cc3)CN2C1=O)OC1CCCC1. The van der Waals surface area contributed by atoms with E-state index in [1.54, 1.807) is 6.21 Å². The van der Waals surface area contributed by atoms with Crippen molar-refractivity contribution in [2.75, 3.05) is 6.54 Å². The number of sulfonamides is 1. The van der Waals surface area contributed by atoms with Crippen molar-refractivity contribution in [3.63, 3.8) is 0 Å². The lowest BCUT2D eigenvalue weighted by Crippen LogP contribution is -2.58. The number of carbonyl (C=O) groups excluding carboxylic acids is 4. The molecule has 3 N–H and O–H groups in total. The summed E-state index contributed by atoms with van der Waals surface area (Å²) in [4.78, 5) is 62.5. The van der Waals surface area contributed by atoms with Gasteiger partial charge in [-0.05, 0) is 80.9 Å². The van der Waals surface area contributed by atoms with Gasteiger partial charge in [0.1, 0.15) is 29.8 Å². The Kier molecular flexibility index (Phi) is 11.4. The first-order chi connectivity index (χ1) is 26.1. The molecular formula is C40H49N5O8S. The molecule has 2 heterocycles. The van der Waals surface area contributed by atoms with Gasteiger partial charge < -0.3 is 25.1 Å². The van der Waals surface area contributed by atoms with Gasteiger partial charge in [0.25, 0.3) is 5.91 Å². The quantitative estimate of drug-likeness (QED) is 0.187. The fourth-order valence-electron chi connectivity index (χ4n) is 7.74. The molecule has 54 heavy (non-hydrogen) atoms. The first-order valence-electron chi connectivity index (χ1n) is 19.3. The molecule has 5 aliphatic rings. The first kappa shape index (κ1) is 37.6. The zero-order valence-corrected chi connectivity index (χ0v) is 31.2. The Morgan fingerprint density at radius 3 is 2.35 bits per heavy atom. The van der Waals surface area contributed by atoms with Crippen LogP contribution in [0, 0.1) is 5.92 Å². The average molecular weight is 760 g/mol. The van der Waals surface area contributed by atoms with Crippen LogP contribution in [0.3, 0.4) is 0 Å². The van der Waals surface area contributed by atoms with Crippen LogP contribution in [-0.4, -0.2) is 85.0 Å². The van der Waals surface area contributed by atoms with E-state index < -0.39 is 68.7 Å². The number of nitrogens with one attached hydrogen (secondary N) is 3. The molecule has 3 aliphatic carbocycles. The van der Waals surface area contributed by atoms with Gasteiger partial charge in [0.05, 0.1) is 18.0 Å². The Morgan fingerprint density at radius 2 is 1.61 bits per heavy atom. The van der Waals surface area contributed by atoms with Crippen LogP contribution in [0.15, 0.2) is 71.9 Å². The van der Waals surface area contributed by atoms with E-state index >= 15 is 0 Å². The fraction of sp³-hybridized carbons (Fsp3) is 0.525. The number of alkyl carbamates (subject to hydrolysis) is 1. The maximum absolute atomic E-state index is 14.4. The first-order valence-corrected chi connectivity index (χ1v) is 20.8. The Morgan fingerprint density at radius 1 is 0.889 bits per heavy atom. The summed E-state index contributed by atoms with van der Waals surface area (Å²) in [5.41, 5.74) is 1.46. The molecule has 0 unspecified atom stereocenters. The lowest BCUT2D eigenvalue weighted by molar-refractivity contribution is -0.141. The van der Waals surface area contributed by atoms with E-state index in [1.165, 1.54) is 4.90 Å². The standard InChI is InChI=1S/C40H49N5O8S/c46-36-35-23-32(53-41-25-27-17-19-29(20-18-27)28-11-5-4-6-12-28)26-45(35)37(47)34(42-39(49)52-31-14-9-10-15-31)16-8-3-1-2-7-13-30-24-40(30,43-36)38(48)44-54(50,51)33-21-22-33/h4-7,11-13,17-20,25,30-35H,1-3,8-10,14-16,21-24,26H2,(H,42,49)(H,43,46)(H,44,48)/b13-7-,41-25+/t30-,32-,34+,35+,40+/m1/s1. The third-order valence-electron chi connectivity index (χ3n) is 11.1. The van der Waals surface area contributed by atoms with E-state index in [1.807, 2.05) is 66.7 Å². The smallest absolute Gasteiger partial charge is 0.408 e. The van der Waals surface area contributed by atoms with Crippen molar-refractivity contribution in [2.24, 2.45) is 11.1 Å². The van der Waals surface area contributed by atoms with Crippen LogP contribution in [0.25, 0.3) is 11.1 Å². The van der Waals surface area contributed by atoms with Gasteiger partial charge in [-0.25, -0.2) is 13.2 Å². The number of benzene rings is 2. The van der Waals surface area contributed by atoms with Gasteiger partial charge in [0, 0.05) is 12.3 Å². The van der Waals surface area contributed by atoms with Crippen LogP contribution in [0.5, 0.6) is 0 Å². The molecule has 14 heteroatoms. The number of nitrogens with zero attached hydrogens (tertiary/aromatic N) is 2. The second-order valence-corrected chi connectivity index (χ2v) is 17.2. The summed E-state index contributed by atoms with van der Waals surface area (Å²) < 4.78 is 33.4. The summed E-state index contributed by atoms with van der Waals surface area (Å²) >= 11 is 0. The van der Waals surface area contributed by atoms with E-state index in [4.69, 9.17) is 9.57 Å². The van der Waals surface area contributed by atoms with E-state index in [0.717, 1.165) is 55.2 Å². The number of allylic oxidation sites excluding steroid dienone is 1. The molecule has 13 nitrogen and oxygen atoms in total. The molecule has 4 amide bonds. The summed E-state index contributed by atoms with van der Waals surface area (Å²) in [5, 5.41) is 9.26. The highest BCUT2D eigenvalue weighted by Crippen LogP contribution is 2.46. The van der Waals surface area contributed by atoms with Crippen molar-refractivity contribution < 1.29 is 37.2 Å². The molecule has 2 aromatic carbocycles. The van der Waals surface area contributed by atoms with Crippen molar-refractivity contribution in [1.29, 1.82) is 0 Å². The van der Waals surface area contributed by atoms with Crippen molar-refractivity contribution in [2.45, 2.75) is 119 Å². The van der Waals surface area contributed by atoms with Crippen LogP contribution in [0.4, 0.5) is 4.79 Å². The summed E-state index contributed by atoms with van der Waals surface area (Å²) in [7, 11) is -3.87. The third kappa shape index (κ3) is 8.97. The fourth-order valence-corrected chi connectivity index (χ4v) is 9.11. The predicted molar refractivity (Wildman–Crippen MR) is 201 cm³/mol. The van der Waals surface area contributed by atoms with Crippen LogP contribution in [0.2, 0.25) is 0 Å². The summed E-state index contributed by atoms with van der Waals surface area (Å²) in [6.45, 7) is 0.00957. The molecule has 0 spiro atoms. The zero-order chi connectivity index (χ0) is 37.7. The van der Waals surface area contributed by atoms with E-state index in [2.05, 4.69) is 20.5 Å². The molecule has 3 saturated carbocycles. The second kappa shape index (κ2) is 16.3. The second-order valence-electron chi connectivity index (χ2n) is 15.2. The van der Waals surface area contributed by atoms with Gasteiger partial charge in [-0.2, -0.15) is 0 Å². The Labute approximate surface area is 316 Å². The monoisotopic (exact) mass is 759 g/mol. The number of oxime groups is 1. The van der Waals surface area contributed by atoms with Crippen molar-refractivity contribution in [3.8, 4) is 11.1 Å². The van der Waals surface area contributed by atoms with Gasteiger partial charge in [-0.15, -0.1) is 0 Å². The molecule has 5 atom stereocenters. The van der Waals surface area contributed by atoms with Gasteiger partial charge in [0.2, 0.25) is 21.8 Å². The number of hydrogen-bond acceptors (Lipinski definition) is 9. The number of hydrogen-bond donors (Lipinski definition) is 3. The summed E-state index contributed by atoms with van der Waals surface area (Å²) in [6, 6.07) is 15.8. The van der Waals surface area contributed by atoms with Gasteiger partial charge in [-0.3, -0.25) is 19.1 Å². The van der Waals surface area contributed by atoms with Crippen LogP contribution >= 0.6 is 0 Å². The highest BCUT2D eigenvalue weighted by molar-refractivity contribution is 7.91. The normalized spacial score (nSPS) is 28.6. The molecule has 0 bridgehead atoms. The Balaban J connectivity index is 1.10. The number of carbonyl (C=O) groups is 4. The van der Waals surface area contributed by atoms with E-state index in [-0.39, 0.29) is 25.5 Å². The minimum absolute atomic E-state index is 0.00957. The van der Waals surface area contributed by atoms with Gasteiger partial charge in [-0.1, -0.05) is 84.7 Å². The topological polar surface area (TPSA) is 173 Å². The largest absolute Gasteiger partial charge is 0.446 e. The number of amides is 4. The van der Waals surface area contributed by atoms with Crippen molar-refractivity contribution in [1.82, 2.24) is 20.3 Å². The van der Waals surface area contributed by atoms with Crippen molar-refractivity contribution in [3.05, 3.63) is 72.3 Å². The van der Waals surface area contributed by atoms with Gasteiger partial charge >= 0.3 is 6.09 Å². The highest BCUT2D eigenvalue weighted by atomic mass is 32.2. The summed E-state index contributed by atoms with van der Waals surface area (Å²) in [5.74, 6) is -2.24. The van der Waals surface area contributed by atoms with Crippen LogP contribution in [0.1, 0.15) is 89.0 Å². The third-order valence-corrected chi connectivity index (χ3v) is 13.0. The number of rotatable bonds is 9. The van der Waals surface area contributed by atoms with Crippen molar-refractivity contribution >= 4 is 40.1 Å². The molecule has 2 aromatic rings. The maximum Gasteiger partial charge on any atom is 0.408 e. The highest BCUT2D eigenvalue weighted by Gasteiger charge is 2.62. The van der Waals surface area contributed by atoms with Gasteiger partial charge in [0.15, 0.2) is 0 Å². The molecular weight excluding hydrogens is 711 g/mol. The molecule has 288 valence electrons. The maximum atomic E-state index is 14.4. The average Bonchev–Trinajstić information content (AvgIpc) is 4.04. The Bertz CT molecular complexity index is 1860. The van der Waals surface area contributed by atoms with Crippen LogP contribution < -0.4 is 15.4 Å². The lowest BCUT2D eigenvalue weighted by Gasteiger charge is -2.30. The molecule has 1 saturated heterocycles. The zero-order valence-electron chi connectivity index (χ0n) is 30.4.